The minimum atomic E-state index is -0.178. The van der Waals surface area contributed by atoms with Crippen LogP contribution in [0.1, 0.15) is 40.5 Å². The summed E-state index contributed by atoms with van der Waals surface area (Å²) in [5.74, 6) is 0.152. The second-order valence-electron chi connectivity index (χ2n) is 4.61. The lowest BCUT2D eigenvalue weighted by molar-refractivity contribution is 0.0964. The third kappa shape index (κ3) is 2.80. The predicted octanol–water partition coefficient (Wildman–Crippen LogP) is 2.82. The fraction of sp³-hybridized carbons (Fsp3) is 0.375. The Balaban J connectivity index is 2.21. The van der Waals surface area contributed by atoms with Gasteiger partial charge in [0, 0.05) is 17.7 Å². The van der Waals surface area contributed by atoms with Crippen LogP contribution in [0.2, 0.25) is 0 Å². The number of benzene rings is 1. The maximum absolute atomic E-state index is 12.4. The molecule has 1 aromatic rings. The van der Waals surface area contributed by atoms with E-state index in [0.29, 0.717) is 42.1 Å². The Kier molecular flexibility index (Phi) is 4.69. The normalized spacial score (nSPS) is 14.0. The van der Waals surface area contributed by atoms with Crippen LogP contribution >= 0.6 is 0 Å². The molecule has 1 aliphatic carbocycles. The number of carbonyl (C=O) groups excluding carboxylic acids is 2. The fourth-order valence-corrected chi connectivity index (χ4v) is 2.23. The molecule has 0 unspecified atom stereocenters. The van der Waals surface area contributed by atoms with Gasteiger partial charge in [-0.05, 0) is 25.0 Å². The number of hydrogen-bond acceptors (Lipinski definition) is 4. The molecule has 0 spiro atoms. The van der Waals surface area contributed by atoms with E-state index >= 15 is 0 Å². The number of allylic oxidation sites excluding steroid dienone is 1. The molecule has 0 heterocycles. The van der Waals surface area contributed by atoms with E-state index in [-0.39, 0.29) is 11.6 Å². The molecular formula is C16H18O4. The molecule has 4 nitrogen and oxygen atoms in total. The van der Waals surface area contributed by atoms with Gasteiger partial charge in [-0.3, -0.25) is 9.59 Å². The van der Waals surface area contributed by atoms with Crippen molar-refractivity contribution in [1.29, 1.82) is 0 Å². The van der Waals surface area contributed by atoms with Gasteiger partial charge in [0.25, 0.3) is 0 Å². The van der Waals surface area contributed by atoms with Crippen molar-refractivity contribution in [1.82, 2.24) is 0 Å². The molecule has 1 aliphatic rings. The molecule has 0 N–H and O–H groups in total. The van der Waals surface area contributed by atoms with Crippen LogP contribution < -0.4 is 4.74 Å². The maximum atomic E-state index is 12.4. The van der Waals surface area contributed by atoms with E-state index in [1.807, 2.05) is 6.92 Å². The van der Waals surface area contributed by atoms with Crippen molar-refractivity contribution in [2.24, 2.45) is 0 Å². The molecule has 0 saturated heterocycles. The number of ketones is 2. The fourth-order valence-electron chi connectivity index (χ4n) is 2.23. The lowest BCUT2D eigenvalue weighted by atomic mass is 9.87. The monoisotopic (exact) mass is 274 g/mol. The average molecular weight is 274 g/mol. The third-order valence-electron chi connectivity index (χ3n) is 3.20. The van der Waals surface area contributed by atoms with E-state index in [2.05, 4.69) is 0 Å². The molecule has 4 heteroatoms. The Labute approximate surface area is 118 Å². The SMILES string of the molecule is CCCOCCC1=CC(=O)c2c(OC)cccc2C1=O. The summed E-state index contributed by atoms with van der Waals surface area (Å²) in [6.45, 7) is 3.15. The number of rotatable bonds is 6. The number of carbonyl (C=O) groups is 2. The van der Waals surface area contributed by atoms with E-state index in [4.69, 9.17) is 9.47 Å². The van der Waals surface area contributed by atoms with Gasteiger partial charge in [-0.25, -0.2) is 0 Å². The van der Waals surface area contributed by atoms with Crippen LogP contribution in [0, 0.1) is 0 Å². The van der Waals surface area contributed by atoms with Crippen LogP contribution in [0.5, 0.6) is 5.75 Å². The molecule has 0 atom stereocenters. The molecule has 1 aromatic carbocycles. The first-order valence-corrected chi connectivity index (χ1v) is 6.73. The summed E-state index contributed by atoms with van der Waals surface area (Å²) in [7, 11) is 1.49. The standard InChI is InChI=1S/C16H18O4/c1-3-8-20-9-7-11-10-13(17)15-12(16(11)18)5-4-6-14(15)19-2/h4-6,10H,3,7-9H2,1-2H3. The highest BCUT2D eigenvalue weighted by Gasteiger charge is 2.27. The van der Waals surface area contributed by atoms with Crippen molar-refractivity contribution in [2.75, 3.05) is 20.3 Å². The van der Waals surface area contributed by atoms with Crippen LogP contribution in [-0.4, -0.2) is 31.9 Å². The zero-order valence-electron chi connectivity index (χ0n) is 11.8. The first-order chi connectivity index (χ1) is 9.69. The molecule has 2 rings (SSSR count). The number of Topliss-reactive ketones (excluding diaryl/α,β-unsaturated/α-hetero) is 1. The second-order valence-corrected chi connectivity index (χ2v) is 4.61. The van der Waals surface area contributed by atoms with Crippen LogP contribution in [0.15, 0.2) is 29.8 Å². The van der Waals surface area contributed by atoms with Gasteiger partial charge in [0.2, 0.25) is 0 Å². The Morgan fingerprint density at radius 3 is 2.65 bits per heavy atom. The van der Waals surface area contributed by atoms with Gasteiger partial charge in [0.15, 0.2) is 11.6 Å². The molecule has 0 radical (unpaired) electrons. The van der Waals surface area contributed by atoms with Gasteiger partial charge in [-0.2, -0.15) is 0 Å². The molecule has 0 amide bonds. The predicted molar refractivity (Wildman–Crippen MR) is 75.5 cm³/mol. The second kappa shape index (κ2) is 6.48. The van der Waals surface area contributed by atoms with Crippen molar-refractivity contribution in [3.05, 3.63) is 41.0 Å². The zero-order chi connectivity index (χ0) is 14.5. The average Bonchev–Trinajstić information content (AvgIpc) is 2.47. The Morgan fingerprint density at radius 2 is 1.95 bits per heavy atom. The van der Waals surface area contributed by atoms with Gasteiger partial charge in [0.1, 0.15) is 5.75 Å². The molecule has 0 aromatic heterocycles. The Bertz CT molecular complexity index is 558. The summed E-state index contributed by atoms with van der Waals surface area (Å²) >= 11 is 0. The van der Waals surface area contributed by atoms with E-state index in [1.165, 1.54) is 13.2 Å². The molecule has 0 fully saturated rings. The summed E-state index contributed by atoms with van der Waals surface area (Å²) in [6, 6.07) is 5.07. The molecule has 106 valence electrons. The summed E-state index contributed by atoms with van der Waals surface area (Å²) in [6.07, 6.45) is 2.80. The first-order valence-electron chi connectivity index (χ1n) is 6.73. The molecule has 20 heavy (non-hydrogen) atoms. The minimum Gasteiger partial charge on any atom is -0.496 e. The zero-order valence-corrected chi connectivity index (χ0v) is 11.8. The van der Waals surface area contributed by atoms with Gasteiger partial charge in [-0.15, -0.1) is 0 Å². The van der Waals surface area contributed by atoms with Crippen molar-refractivity contribution >= 4 is 11.6 Å². The number of hydrogen-bond donors (Lipinski definition) is 0. The van der Waals surface area contributed by atoms with Gasteiger partial charge < -0.3 is 9.47 Å². The summed E-state index contributed by atoms with van der Waals surface area (Å²) in [5.41, 5.74) is 1.28. The number of ether oxygens (including phenoxy) is 2. The highest BCUT2D eigenvalue weighted by molar-refractivity contribution is 6.25. The van der Waals surface area contributed by atoms with Crippen LogP contribution in [0.3, 0.4) is 0 Å². The highest BCUT2D eigenvalue weighted by atomic mass is 16.5. The largest absolute Gasteiger partial charge is 0.496 e. The van der Waals surface area contributed by atoms with Gasteiger partial charge >= 0.3 is 0 Å². The molecule has 0 saturated carbocycles. The molecular weight excluding hydrogens is 256 g/mol. The van der Waals surface area contributed by atoms with Crippen molar-refractivity contribution in [2.45, 2.75) is 19.8 Å². The van der Waals surface area contributed by atoms with Gasteiger partial charge in [-0.1, -0.05) is 19.1 Å². The van der Waals surface area contributed by atoms with Crippen LogP contribution in [-0.2, 0) is 4.74 Å². The number of fused-ring (bicyclic) bond motifs is 1. The lowest BCUT2D eigenvalue weighted by Gasteiger charge is -2.17. The number of methoxy groups -OCH3 is 1. The van der Waals surface area contributed by atoms with Crippen molar-refractivity contribution < 1.29 is 19.1 Å². The quantitative estimate of drug-likeness (QED) is 0.748. The van der Waals surface area contributed by atoms with Crippen LogP contribution in [0.4, 0.5) is 0 Å². The van der Waals surface area contributed by atoms with E-state index in [0.717, 1.165) is 6.42 Å². The topological polar surface area (TPSA) is 52.6 Å². The lowest BCUT2D eigenvalue weighted by Crippen LogP contribution is -2.19. The van der Waals surface area contributed by atoms with E-state index in [9.17, 15) is 9.59 Å². The summed E-state index contributed by atoms with van der Waals surface area (Å²) in [4.78, 5) is 24.5. The highest BCUT2D eigenvalue weighted by Crippen LogP contribution is 2.30. The van der Waals surface area contributed by atoms with E-state index in [1.54, 1.807) is 18.2 Å². The first kappa shape index (κ1) is 14.5. The summed E-state index contributed by atoms with van der Waals surface area (Å²) < 4.78 is 10.5. The smallest absolute Gasteiger partial charge is 0.190 e. The maximum Gasteiger partial charge on any atom is 0.190 e. The minimum absolute atomic E-state index is 0.112. The summed E-state index contributed by atoms with van der Waals surface area (Å²) in [5, 5.41) is 0. The van der Waals surface area contributed by atoms with Crippen LogP contribution in [0.25, 0.3) is 0 Å². The molecule has 0 aliphatic heterocycles. The molecule has 0 bridgehead atoms. The Hall–Kier alpha value is -1.94. The van der Waals surface area contributed by atoms with Crippen molar-refractivity contribution in [3.8, 4) is 5.75 Å². The Morgan fingerprint density at radius 1 is 1.15 bits per heavy atom. The van der Waals surface area contributed by atoms with E-state index < -0.39 is 0 Å². The van der Waals surface area contributed by atoms with Crippen molar-refractivity contribution in [3.63, 3.8) is 0 Å². The third-order valence-corrected chi connectivity index (χ3v) is 3.20. The van der Waals surface area contributed by atoms with Gasteiger partial charge in [0.05, 0.1) is 19.3 Å².